The van der Waals surface area contributed by atoms with Crippen LogP contribution in [0.25, 0.3) is 11.3 Å². The lowest BCUT2D eigenvalue weighted by molar-refractivity contribution is 1.07. The van der Waals surface area contributed by atoms with E-state index in [1.807, 2.05) is 18.2 Å². The van der Waals surface area contributed by atoms with E-state index in [4.69, 9.17) is 0 Å². The molecule has 1 heterocycles. The number of hydrazone groups is 1. The quantitative estimate of drug-likeness (QED) is 0.699. The highest BCUT2D eigenvalue weighted by Crippen LogP contribution is 2.27. The molecule has 0 aliphatic heterocycles. The van der Waals surface area contributed by atoms with E-state index < -0.39 is 0 Å². The van der Waals surface area contributed by atoms with Crippen LogP contribution in [0.5, 0.6) is 0 Å². The van der Waals surface area contributed by atoms with Gasteiger partial charge in [-0.1, -0.05) is 48.5 Å². The smallest absolute Gasteiger partial charge is 0.203 e. The fourth-order valence-corrected chi connectivity index (χ4v) is 3.64. The summed E-state index contributed by atoms with van der Waals surface area (Å²) in [5.74, 6) is 0. The fourth-order valence-electron chi connectivity index (χ4n) is 2.98. The maximum atomic E-state index is 4.62. The van der Waals surface area contributed by atoms with Gasteiger partial charge in [0.1, 0.15) is 0 Å². The van der Waals surface area contributed by atoms with E-state index in [9.17, 15) is 0 Å². The zero-order valence-electron chi connectivity index (χ0n) is 12.9. The summed E-state index contributed by atoms with van der Waals surface area (Å²) in [5, 5.41) is 7.49. The second-order valence-corrected chi connectivity index (χ2v) is 6.53. The SMILES string of the molecule is Cc1cccc2c1CC/C2=N\Nc1nc(-c2ccccc2)cs1. The summed E-state index contributed by atoms with van der Waals surface area (Å²) >= 11 is 1.58. The molecule has 3 aromatic rings. The lowest BCUT2D eigenvalue weighted by atomic mass is 10.0. The molecule has 0 spiro atoms. The molecule has 0 radical (unpaired) electrons. The van der Waals surface area contributed by atoms with Crippen molar-refractivity contribution < 1.29 is 0 Å². The highest BCUT2D eigenvalue weighted by Gasteiger charge is 2.19. The van der Waals surface area contributed by atoms with Crippen LogP contribution in [0.1, 0.15) is 23.1 Å². The minimum atomic E-state index is 0.831. The van der Waals surface area contributed by atoms with Crippen molar-refractivity contribution in [2.75, 3.05) is 5.43 Å². The van der Waals surface area contributed by atoms with Gasteiger partial charge in [0.2, 0.25) is 5.13 Å². The number of rotatable bonds is 3. The van der Waals surface area contributed by atoms with Gasteiger partial charge in [-0.2, -0.15) is 5.10 Å². The molecule has 0 saturated carbocycles. The maximum absolute atomic E-state index is 4.62. The molecule has 23 heavy (non-hydrogen) atoms. The Labute approximate surface area is 139 Å². The third-order valence-corrected chi connectivity index (χ3v) is 4.94. The third-order valence-electron chi connectivity index (χ3n) is 4.19. The topological polar surface area (TPSA) is 37.3 Å². The van der Waals surface area contributed by atoms with Crippen molar-refractivity contribution in [3.63, 3.8) is 0 Å². The fraction of sp³-hybridized carbons (Fsp3) is 0.158. The molecular weight excluding hydrogens is 302 g/mol. The van der Waals surface area contributed by atoms with Gasteiger partial charge in [0.05, 0.1) is 11.4 Å². The monoisotopic (exact) mass is 319 g/mol. The molecule has 2 aromatic carbocycles. The zero-order valence-corrected chi connectivity index (χ0v) is 13.7. The molecule has 4 heteroatoms. The minimum Gasteiger partial charge on any atom is -0.252 e. The van der Waals surface area contributed by atoms with Crippen LogP contribution in [-0.4, -0.2) is 10.7 Å². The van der Waals surface area contributed by atoms with Gasteiger partial charge in [0, 0.05) is 16.5 Å². The molecule has 1 aliphatic carbocycles. The Balaban J connectivity index is 1.55. The van der Waals surface area contributed by atoms with E-state index in [-0.39, 0.29) is 0 Å². The van der Waals surface area contributed by atoms with Gasteiger partial charge < -0.3 is 0 Å². The Morgan fingerprint density at radius 1 is 1.04 bits per heavy atom. The highest BCUT2D eigenvalue weighted by molar-refractivity contribution is 7.14. The zero-order chi connectivity index (χ0) is 15.6. The summed E-state index contributed by atoms with van der Waals surface area (Å²) in [6.07, 6.45) is 2.07. The number of fused-ring (bicyclic) bond motifs is 1. The van der Waals surface area contributed by atoms with Crippen LogP contribution in [0.3, 0.4) is 0 Å². The summed E-state index contributed by atoms with van der Waals surface area (Å²) in [4.78, 5) is 4.62. The van der Waals surface area contributed by atoms with Crippen molar-refractivity contribution in [2.24, 2.45) is 5.10 Å². The Bertz CT molecular complexity index is 865. The Hall–Kier alpha value is -2.46. The van der Waals surface area contributed by atoms with E-state index in [0.717, 1.165) is 34.9 Å². The molecular formula is C19H17N3S. The molecule has 114 valence electrons. The van der Waals surface area contributed by atoms with Crippen LogP contribution >= 0.6 is 11.3 Å². The highest BCUT2D eigenvalue weighted by atomic mass is 32.1. The van der Waals surface area contributed by atoms with Crippen LogP contribution in [0.15, 0.2) is 59.0 Å². The minimum absolute atomic E-state index is 0.831. The maximum Gasteiger partial charge on any atom is 0.203 e. The van der Waals surface area contributed by atoms with Gasteiger partial charge in [-0.05, 0) is 30.9 Å². The van der Waals surface area contributed by atoms with E-state index in [1.165, 1.54) is 16.7 Å². The van der Waals surface area contributed by atoms with Gasteiger partial charge in [0.25, 0.3) is 0 Å². The number of thiazole rings is 1. The van der Waals surface area contributed by atoms with Crippen LogP contribution in [0.4, 0.5) is 5.13 Å². The number of aryl methyl sites for hydroxylation is 1. The van der Waals surface area contributed by atoms with Gasteiger partial charge in [-0.25, -0.2) is 4.98 Å². The van der Waals surface area contributed by atoms with Gasteiger partial charge in [0.15, 0.2) is 0 Å². The normalized spacial score (nSPS) is 14.9. The molecule has 0 bridgehead atoms. The van der Waals surface area contributed by atoms with Crippen LogP contribution in [-0.2, 0) is 6.42 Å². The first-order valence-electron chi connectivity index (χ1n) is 7.73. The molecule has 0 unspecified atom stereocenters. The van der Waals surface area contributed by atoms with Crippen molar-refractivity contribution in [1.82, 2.24) is 4.98 Å². The first kappa shape index (κ1) is 14.2. The van der Waals surface area contributed by atoms with Crippen molar-refractivity contribution in [3.05, 3.63) is 70.6 Å². The number of benzene rings is 2. The lowest BCUT2D eigenvalue weighted by Crippen LogP contribution is -2.00. The van der Waals surface area contributed by atoms with Crippen molar-refractivity contribution in [3.8, 4) is 11.3 Å². The average Bonchev–Trinajstić information content (AvgIpc) is 3.21. The predicted octanol–water partition coefficient (Wildman–Crippen LogP) is 4.88. The number of nitrogens with zero attached hydrogens (tertiary/aromatic N) is 2. The van der Waals surface area contributed by atoms with E-state index in [1.54, 1.807) is 11.3 Å². The Morgan fingerprint density at radius 2 is 1.91 bits per heavy atom. The van der Waals surface area contributed by atoms with Gasteiger partial charge in [-0.3, -0.25) is 5.43 Å². The number of nitrogens with one attached hydrogen (secondary N) is 1. The Morgan fingerprint density at radius 3 is 2.78 bits per heavy atom. The van der Waals surface area contributed by atoms with Crippen LogP contribution in [0, 0.1) is 6.92 Å². The molecule has 0 fully saturated rings. The second-order valence-electron chi connectivity index (χ2n) is 5.68. The summed E-state index contributed by atoms with van der Waals surface area (Å²) < 4.78 is 0. The molecule has 0 saturated heterocycles. The standard InChI is InChI=1S/C19H17N3S/c1-13-6-5-9-16-15(13)10-11-17(16)21-22-19-20-18(12-23-19)14-7-3-2-4-8-14/h2-9,12H,10-11H2,1H3,(H,20,22)/b21-17+. The first-order chi connectivity index (χ1) is 11.3. The van der Waals surface area contributed by atoms with Gasteiger partial charge >= 0.3 is 0 Å². The molecule has 0 atom stereocenters. The van der Waals surface area contributed by atoms with Crippen molar-refractivity contribution >= 4 is 22.2 Å². The molecule has 1 aromatic heterocycles. The summed E-state index contributed by atoms with van der Waals surface area (Å²) in [6.45, 7) is 2.17. The number of hydrogen-bond donors (Lipinski definition) is 1. The molecule has 0 amide bonds. The summed E-state index contributed by atoms with van der Waals surface area (Å²) in [5.41, 5.74) is 10.4. The average molecular weight is 319 g/mol. The molecule has 3 nitrogen and oxygen atoms in total. The molecule has 1 aliphatic rings. The first-order valence-corrected chi connectivity index (χ1v) is 8.61. The Kier molecular flexibility index (Phi) is 3.67. The van der Waals surface area contributed by atoms with Crippen LogP contribution < -0.4 is 5.43 Å². The summed E-state index contributed by atoms with van der Waals surface area (Å²) in [6, 6.07) is 16.6. The summed E-state index contributed by atoms with van der Waals surface area (Å²) in [7, 11) is 0. The number of anilines is 1. The van der Waals surface area contributed by atoms with Crippen molar-refractivity contribution in [2.45, 2.75) is 19.8 Å². The molecule has 4 rings (SSSR count). The van der Waals surface area contributed by atoms with Gasteiger partial charge in [-0.15, -0.1) is 11.3 Å². The van der Waals surface area contributed by atoms with E-state index in [2.05, 4.69) is 58.1 Å². The number of hydrogen-bond acceptors (Lipinski definition) is 4. The predicted molar refractivity (Wildman–Crippen MR) is 97.2 cm³/mol. The molecule has 1 N–H and O–H groups in total. The number of aromatic nitrogens is 1. The van der Waals surface area contributed by atoms with E-state index >= 15 is 0 Å². The lowest BCUT2D eigenvalue weighted by Gasteiger charge is -2.03. The van der Waals surface area contributed by atoms with Crippen LogP contribution in [0.2, 0.25) is 0 Å². The second kappa shape index (κ2) is 5.97. The largest absolute Gasteiger partial charge is 0.252 e. The van der Waals surface area contributed by atoms with Crippen molar-refractivity contribution in [1.29, 1.82) is 0 Å². The third kappa shape index (κ3) is 2.78. The van der Waals surface area contributed by atoms with E-state index in [0.29, 0.717) is 0 Å².